The quantitative estimate of drug-likeness (QED) is 0.647. The number of rotatable bonds is 5. The number of alkyl halides is 2. The SMILES string of the molecule is Cc1cccc(CSc2cc(OC(F)F)c(F)cc2N)c1. The Hall–Kier alpha value is -1.82. The number of hydrogen-bond acceptors (Lipinski definition) is 3. The van der Waals surface area contributed by atoms with Crippen molar-refractivity contribution in [1.82, 2.24) is 0 Å². The smallest absolute Gasteiger partial charge is 0.387 e. The third kappa shape index (κ3) is 4.32. The lowest BCUT2D eigenvalue weighted by Gasteiger charge is -2.11. The van der Waals surface area contributed by atoms with Crippen molar-refractivity contribution < 1.29 is 17.9 Å². The van der Waals surface area contributed by atoms with Crippen LogP contribution in [0.3, 0.4) is 0 Å². The second kappa shape index (κ2) is 6.76. The van der Waals surface area contributed by atoms with E-state index in [0.29, 0.717) is 10.6 Å². The van der Waals surface area contributed by atoms with Crippen molar-refractivity contribution in [3.63, 3.8) is 0 Å². The van der Waals surface area contributed by atoms with Crippen molar-refractivity contribution in [2.45, 2.75) is 24.2 Å². The highest BCUT2D eigenvalue weighted by atomic mass is 32.2. The van der Waals surface area contributed by atoms with E-state index in [1.54, 1.807) is 0 Å². The third-order valence-electron chi connectivity index (χ3n) is 2.76. The highest BCUT2D eigenvalue weighted by Gasteiger charge is 2.13. The molecule has 0 atom stereocenters. The highest BCUT2D eigenvalue weighted by Crippen LogP contribution is 2.34. The zero-order valence-corrected chi connectivity index (χ0v) is 12.1. The molecule has 0 saturated heterocycles. The molecule has 0 spiro atoms. The van der Waals surface area contributed by atoms with Crippen LogP contribution in [0.4, 0.5) is 18.9 Å². The van der Waals surface area contributed by atoms with Gasteiger partial charge in [-0.2, -0.15) is 8.78 Å². The second-order valence-corrected chi connectivity index (χ2v) is 5.49. The van der Waals surface area contributed by atoms with Crippen molar-refractivity contribution in [1.29, 1.82) is 0 Å². The van der Waals surface area contributed by atoms with Crippen LogP contribution in [0.15, 0.2) is 41.3 Å². The summed E-state index contributed by atoms with van der Waals surface area (Å²) in [5.74, 6) is -0.787. The number of nitrogen functional groups attached to an aromatic ring is 1. The van der Waals surface area contributed by atoms with Gasteiger partial charge in [0.05, 0.1) is 0 Å². The van der Waals surface area contributed by atoms with Gasteiger partial charge in [0, 0.05) is 22.4 Å². The average Bonchev–Trinajstić information content (AvgIpc) is 2.40. The van der Waals surface area contributed by atoms with Gasteiger partial charge < -0.3 is 10.5 Å². The summed E-state index contributed by atoms with van der Waals surface area (Å²) < 4.78 is 42.0. The van der Waals surface area contributed by atoms with Crippen molar-refractivity contribution in [2.75, 3.05) is 5.73 Å². The minimum absolute atomic E-state index is 0.201. The summed E-state index contributed by atoms with van der Waals surface area (Å²) in [5.41, 5.74) is 8.11. The summed E-state index contributed by atoms with van der Waals surface area (Å²) in [5, 5.41) is 0. The Morgan fingerprint density at radius 2 is 2.00 bits per heavy atom. The van der Waals surface area contributed by atoms with Crippen LogP contribution in [0.5, 0.6) is 5.75 Å². The van der Waals surface area contributed by atoms with Crippen molar-refractivity contribution in [3.8, 4) is 5.75 Å². The third-order valence-corrected chi connectivity index (χ3v) is 3.90. The Balaban J connectivity index is 2.15. The maximum absolute atomic E-state index is 13.5. The number of nitrogens with two attached hydrogens (primary N) is 1. The molecule has 0 aliphatic heterocycles. The van der Waals surface area contributed by atoms with E-state index in [-0.39, 0.29) is 5.69 Å². The molecule has 0 saturated carbocycles. The topological polar surface area (TPSA) is 35.2 Å². The zero-order chi connectivity index (χ0) is 15.4. The summed E-state index contributed by atoms with van der Waals surface area (Å²) in [6.45, 7) is -1.09. The Kier molecular flexibility index (Phi) is 5.01. The normalized spacial score (nSPS) is 10.9. The number of ether oxygens (including phenoxy) is 1. The standard InChI is InChI=1S/C15H14F3NOS/c1-9-3-2-4-10(5-9)8-21-14-7-13(20-15(17)18)11(16)6-12(14)19/h2-7,15H,8,19H2,1H3. The molecule has 2 nitrogen and oxygen atoms in total. The van der Waals surface area contributed by atoms with Crippen LogP contribution in [0.25, 0.3) is 0 Å². The van der Waals surface area contributed by atoms with Gasteiger partial charge in [0.25, 0.3) is 0 Å². The van der Waals surface area contributed by atoms with Crippen LogP contribution in [0, 0.1) is 12.7 Å². The number of halogens is 3. The molecule has 2 aromatic rings. The summed E-state index contributed by atoms with van der Waals surface area (Å²) in [6, 6.07) is 10.1. The molecule has 21 heavy (non-hydrogen) atoms. The van der Waals surface area contributed by atoms with Crippen LogP contribution >= 0.6 is 11.8 Å². The van der Waals surface area contributed by atoms with Gasteiger partial charge in [0.1, 0.15) is 0 Å². The number of anilines is 1. The molecule has 0 radical (unpaired) electrons. The zero-order valence-electron chi connectivity index (χ0n) is 11.3. The fraction of sp³-hybridized carbons (Fsp3) is 0.200. The van der Waals surface area contributed by atoms with Crippen LogP contribution in [-0.4, -0.2) is 6.61 Å². The molecule has 112 valence electrons. The van der Waals surface area contributed by atoms with Crippen molar-refractivity contribution in [2.24, 2.45) is 0 Å². The molecule has 0 fully saturated rings. The monoisotopic (exact) mass is 313 g/mol. The van der Waals surface area contributed by atoms with Gasteiger partial charge in [-0.05, 0) is 18.6 Å². The number of benzene rings is 2. The van der Waals surface area contributed by atoms with Gasteiger partial charge in [0.2, 0.25) is 0 Å². The molecule has 0 bridgehead atoms. The Morgan fingerprint density at radius 3 is 2.67 bits per heavy atom. The van der Waals surface area contributed by atoms with Crippen molar-refractivity contribution >= 4 is 17.4 Å². The Morgan fingerprint density at radius 1 is 1.24 bits per heavy atom. The lowest BCUT2D eigenvalue weighted by molar-refractivity contribution is -0.0523. The fourth-order valence-corrected chi connectivity index (χ4v) is 2.74. The molecular weight excluding hydrogens is 299 g/mol. The van der Waals surface area contributed by atoms with Gasteiger partial charge in [-0.1, -0.05) is 29.8 Å². The number of thioether (sulfide) groups is 1. The molecule has 0 aliphatic carbocycles. The first-order valence-corrected chi connectivity index (χ1v) is 7.16. The molecule has 0 amide bonds. The van der Waals surface area contributed by atoms with E-state index >= 15 is 0 Å². The van der Waals surface area contributed by atoms with E-state index in [1.165, 1.54) is 17.8 Å². The van der Waals surface area contributed by atoms with Crippen molar-refractivity contribution in [3.05, 3.63) is 53.3 Å². The molecule has 0 aliphatic rings. The minimum Gasteiger partial charge on any atom is -0.432 e. The van der Waals surface area contributed by atoms with Crippen LogP contribution in [0.2, 0.25) is 0 Å². The maximum Gasteiger partial charge on any atom is 0.387 e. The largest absolute Gasteiger partial charge is 0.432 e. The number of aryl methyl sites for hydroxylation is 1. The highest BCUT2D eigenvalue weighted by molar-refractivity contribution is 7.98. The molecule has 2 N–H and O–H groups in total. The van der Waals surface area contributed by atoms with Crippen LogP contribution in [-0.2, 0) is 5.75 Å². The molecular formula is C15H14F3NOS. The summed E-state index contributed by atoms with van der Waals surface area (Å²) in [7, 11) is 0. The second-order valence-electron chi connectivity index (χ2n) is 4.48. The summed E-state index contributed by atoms with van der Waals surface area (Å²) >= 11 is 1.34. The molecule has 2 aromatic carbocycles. The van der Waals surface area contributed by atoms with Gasteiger partial charge >= 0.3 is 6.61 Å². The summed E-state index contributed by atoms with van der Waals surface area (Å²) in [4.78, 5) is 0.508. The maximum atomic E-state index is 13.5. The minimum atomic E-state index is -3.07. The van der Waals surface area contributed by atoms with E-state index < -0.39 is 18.2 Å². The lowest BCUT2D eigenvalue weighted by Crippen LogP contribution is -2.04. The van der Waals surface area contributed by atoms with E-state index in [0.717, 1.165) is 17.2 Å². The van der Waals surface area contributed by atoms with Gasteiger partial charge in [-0.3, -0.25) is 0 Å². The Bertz CT molecular complexity index is 634. The first-order chi connectivity index (χ1) is 9.95. The first kappa shape index (κ1) is 15.6. The van der Waals surface area contributed by atoms with E-state index in [1.807, 2.05) is 31.2 Å². The molecule has 0 unspecified atom stereocenters. The predicted octanol–water partition coefficient (Wildman–Crippen LogP) is 4.61. The number of hydrogen-bond donors (Lipinski definition) is 1. The summed E-state index contributed by atoms with van der Waals surface area (Å²) in [6.07, 6.45) is 0. The molecule has 6 heteroatoms. The van der Waals surface area contributed by atoms with Crippen LogP contribution in [0.1, 0.15) is 11.1 Å². The van der Waals surface area contributed by atoms with E-state index in [9.17, 15) is 13.2 Å². The predicted molar refractivity (Wildman–Crippen MR) is 78.2 cm³/mol. The first-order valence-electron chi connectivity index (χ1n) is 6.18. The van der Waals surface area contributed by atoms with E-state index in [2.05, 4.69) is 4.74 Å². The Labute approximate surface area is 125 Å². The molecule has 0 heterocycles. The average molecular weight is 313 g/mol. The molecule has 2 rings (SSSR count). The van der Waals surface area contributed by atoms with Gasteiger partial charge in [-0.15, -0.1) is 11.8 Å². The van der Waals surface area contributed by atoms with Gasteiger partial charge in [-0.25, -0.2) is 4.39 Å². The van der Waals surface area contributed by atoms with Gasteiger partial charge in [0.15, 0.2) is 11.6 Å². The van der Waals surface area contributed by atoms with E-state index in [4.69, 9.17) is 5.73 Å². The lowest BCUT2D eigenvalue weighted by atomic mass is 10.2. The molecule has 0 aromatic heterocycles. The van der Waals surface area contributed by atoms with Crippen LogP contribution < -0.4 is 10.5 Å². The fourth-order valence-electron chi connectivity index (χ4n) is 1.82.